The number of unbranched alkanes of at least 4 members (excludes halogenated alkanes) is 1. The second kappa shape index (κ2) is 10.1. The minimum Gasteiger partial charge on any atom is -0.497 e. The largest absolute Gasteiger partial charge is 0.497 e. The first-order chi connectivity index (χ1) is 16.4. The number of amides is 1. The third kappa shape index (κ3) is 4.66. The van der Waals surface area contributed by atoms with Crippen LogP contribution in [0.3, 0.4) is 0 Å². The first-order valence-electron chi connectivity index (χ1n) is 11.5. The standard InChI is InChI=1S/C26H29N3O5/c1-4-5-13-29-22(30)14-20(24(29)17-9-11-18(33-3)12-10-17)26(32)34-15-21-27-23-16(2)7-6-8-19(23)25(31)28-21/h6-12,20,24H,4-5,13-15H2,1-3H3,(H,27,28,31)/t20-,24-/m0/s1. The van der Waals surface area contributed by atoms with Crippen LogP contribution in [0.5, 0.6) is 5.75 Å². The lowest BCUT2D eigenvalue weighted by molar-refractivity contribution is -0.151. The zero-order chi connectivity index (χ0) is 24.2. The van der Waals surface area contributed by atoms with E-state index in [2.05, 4.69) is 16.9 Å². The van der Waals surface area contributed by atoms with Gasteiger partial charge in [0.05, 0.1) is 30.0 Å². The van der Waals surface area contributed by atoms with E-state index in [4.69, 9.17) is 9.47 Å². The Morgan fingerprint density at radius 3 is 2.65 bits per heavy atom. The molecule has 1 fully saturated rings. The van der Waals surface area contributed by atoms with E-state index < -0.39 is 17.9 Å². The number of hydrogen-bond acceptors (Lipinski definition) is 6. The van der Waals surface area contributed by atoms with E-state index >= 15 is 0 Å². The molecule has 2 aromatic carbocycles. The summed E-state index contributed by atoms with van der Waals surface area (Å²) in [6, 6.07) is 12.4. The van der Waals surface area contributed by atoms with Crippen LogP contribution in [0.25, 0.3) is 10.9 Å². The number of fused-ring (bicyclic) bond motifs is 1. The first kappa shape index (κ1) is 23.5. The number of nitrogens with one attached hydrogen (secondary N) is 1. The number of H-pyrrole nitrogens is 1. The van der Waals surface area contributed by atoms with Crippen molar-refractivity contribution in [1.29, 1.82) is 0 Å². The Bertz CT molecular complexity index is 1250. The summed E-state index contributed by atoms with van der Waals surface area (Å²) in [5.41, 5.74) is 2.02. The minimum atomic E-state index is -0.647. The number of benzene rings is 2. The number of ether oxygens (including phenoxy) is 2. The van der Waals surface area contributed by atoms with E-state index in [9.17, 15) is 14.4 Å². The molecule has 0 spiro atoms. The molecule has 1 aromatic heterocycles. The maximum absolute atomic E-state index is 13.2. The molecule has 2 atom stereocenters. The van der Waals surface area contributed by atoms with Gasteiger partial charge in [0.25, 0.3) is 5.56 Å². The smallest absolute Gasteiger partial charge is 0.312 e. The molecular weight excluding hydrogens is 434 g/mol. The van der Waals surface area contributed by atoms with Gasteiger partial charge >= 0.3 is 5.97 Å². The summed E-state index contributed by atoms with van der Waals surface area (Å²) >= 11 is 0. The molecule has 3 aromatic rings. The zero-order valence-corrected chi connectivity index (χ0v) is 19.7. The second-order valence-corrected chi connectivity index (χ2v) is 8.56. The quantitative estimate of drug-likeness (QED) is 0.512. The van der Waals surface area contributed by atoms with Gasteiger partial charge in [-0.15, -0.1) is 0 Å². The van der Waals surface area contributed by atoms with Crippen LogP contribution in [0, 0.1) is 12.8 Å². The van der Waals surface area contributed by atoms with Crippen molar-refractivity contribution in [2.45, 2.75) is 45.8 Å². The van der Waals surface area contributed by atoms with E-state index in [1.165, 1.54) is 0 Å². The SMILES string of the molecule is CCCCN1C(=O)C[C@H](C(=O)OCc2nc3c(C)cccc3c(=O)[nH]2)[C@@H]1c1ccc(OC)cc1. The summed E-state index contributed by atoms with van der Waals surface area (Å²) < 4.78 is 10.8. The van der Waals surface area contributed by atoms with Crippen LogP contribution in [-0.4, -0.2) is 40.4 Å². The molecule has 0 saturated carbocycles. The topological polar surface area (TPSA) is 102 Å². The second-order valence-electron chi connectivity index (χ2n) is 8.56. The van der Waals surface area contributed by atoms with Crippen LogP contribution < -0.4 is 10.3 Å². The van der Waals surface area contributed by atoms with Crippen molar-refractivity contribution in [2.75, 3.05) is 13.7 Å². The van der Waals surface area contributed by atoms with Crippen molar-refractivity contribution in [3.63, 3.8) is 0 Å². The summed E-state index contributed by atoms with van der Waals surface area (Å²) in [7, 11) is 1.59. The number of carbonyl (C=O) groups excluding carboxylic acids is 2. The minimum absolute atomic E-state index is 0.0657. The highest BCUT2D eigenvalue weighted by Gasteiger charge is 2.45. The maximum Gasteiger partial charge on any atom is 0.312 e. The predicted molar refractivity (Wildman–Crippen MR) is 127 cm³/mol. The molecule has 0 radical (unpaired) electrons. The van der Waals surface area contributed by atoms with Crippen LogP contribution in [-0.2, 0) is 20.9 Å². The number of esters is 1. The number of aryl methyl sites for hydroxylation is 1. The average molecular weight is 464 g/mol. The lowest BCUT2D eigenvalue weighted by atomic mass is 9.93. The Morgan fingerprint density at radius 1 is 1.18 bits per heavy atom. The Labute approximate surface area is 197 Å². The average Bonchev–Trinajstić information content (AvgIpc) is 3.18. The van der Waals surface area contributed by atoms with E-state index in [1.807, 2.05) is 37.3 Å². The molecule has 8 nitrogen and oxygen atoms in total. The predicted octanol–water partition coefficient (Wildman–Crippen LogP) is 3.67. The molecule has 34 heavy (non-hydrogen) atoms. The highest BCUT2D eigenvalue weighted by Crippen LogP contribution is 2.39. The number of para-hydroxylation sites is 1. The van der Waals surface area contributed by atoms with E-state index in [-0.39, 0.29) is 30.3 Å². The molecule has 0 bridgehead atoms. The van der Waals surface area contributed by atoms with Crippen LogP contribution >= 0.6 is 0 Å². The number of nitrogens with zero attached hydrogens (tertiary/aromatic N) is 2. The number of carbonyl (C=O) groups is 2. The highest BCUT2D eigenvalue weighted by molar-refractivity contribution is 5.88. The van der Waals surface area contributed by atoms with Crippen molar-refractivity contribution in [3.8, 4) is 5.75 Å². The number of aromatic nitrogens is 2. The molecule has 1 N–H and O–H groups in total. The molecular formula is C26H29N3O5. The Hall–Kier alpha value is -3.68. The Kier molecular flexibility index (Phi) is 6.95. The summed E-state index contributed by atoms with van der Waals surface area (Å²) in [5, 5.41) is 0.489. The van der Waals surface area contributed by atoms with Gasteiger partial charge < -0.3 is 19.4 Å². The lowest BCUT2D eigenvalue weighted by Gasteiger charge is -2.28. The molecule has 1 aliphatic heterocycles. The van der Waals surface area contributed by atoms with Crippen molar-refractivity contribution >= 4 is 22.8 Å². The van der Waals surface area contributed by atoms with Gasteiger partial charge in [0.1, 0.15) is 18.2 Å². The van der Waals surface area contributed by atoms with Crippen LogP contribution in [0.1, 0.15) is 49.2 Å². The maximum atomic E-state index is 13.2. The summed E-state index contributed by atoms with van der Waals surface area (Å²) in [4.78, 5) is 47.4. The van der Waals surface area contributed by atoms with Gasteiger partial charge in [0, 0.05) is 13.0 Å². The van der Waals surface area contributed by atoms with Gasteiger partial charge in [0.15, 0.2) is 0 Å². The van der Waals surface area contributed by atoms with E-state index in [0.29, 0.717) is 23.2 Å². The third-order valence-electron chi connectivity index (χ3n) is 6.28. The number of hydrogen-bond donors (Lipinski definition) is 1. The molecule has 0 aliphatic carbocycles. The van der Waals surface area contributed by atoms with Gasteiger partial charge in [0.2, 0.25) is 5.91 Å². The van der Waals surface area contributed by atoms with E-state index in [0.717, 1.165) is 24.0 Å². The van der Waals surface area contributed by atoms with Crippen molar-refractivity contribution in [2.24, 2.45) is 5.92 Å². The lowest BCUT2D eigenvalue weighted by Crippen LogP contribution is -2.32. The normalized spacial score (nSPS) is 17.9. The number of methoxy groups -OCH3 is 1. The molecule has 1 saturated heterocycles. The molecule has 8 heteroatoms. The Morgan fingerprint density at radius 2 is 1.94 bits per heavy atom. The Balaban J connectivity index is 1.56. The molecule has 2 heterocycles. The molecule has 1 aliphatic rings. The monoisotopic (exact) mass is 463 g/mol. The fraction of sp³-hybridized carbons (Fsp3) is 0.385. The van der Waals surface area contributed by atoms with Crippen molar-refractivity contribution < 1.29 is 19.1 Å². The van der Waals surface area contributed by atoms with Gasteiger partial charge in [-0.05, 0) is 42.7 Å². The fourth-order valence-corrected chi connectivity index (χ4v) is 4.47. The number of rotatable bonds is 8. The van der Waals surface area contributed by atoms with Gasteiger partial charge in [-0.2, -0.15) is 0 Å². The number of aromatic amines is 1. The van der Waals surface area contributed by atoms with E-state index in [1.54, 1.807) is 24.1 Å². The molecule has 0 unspecified atom stereocenters. The molecule has 178 valence electrons. The summed E-state index contributed by atoms with van der Waals surface area (Å²) in [6.45, 7) is 4.34. The van der Waals surface area contributed by atoms with Crippen LogP contribution in [0.15, 0.2) is 47.3 Å². The highest BCUT2D eigenvalue weighted by atomic mass is 16.5. The fourth-order valence-electron chi connectivity index (χ4n) is 4.47. The summed E-state index contributed by atoms with van der Waals surface area (Å²) in [6.07, 6.45) is 1.87. The molecule has 4 rings (SSSR count). The molecule has 1 amide bonds. The van der Waals surface area contributed by atoms with Crippen molar-refractivity contribution in [3.05, 3.63) is 69.8 Å². The third-order valence-corrected chi connectivity index (χ3v) is 6.28. The summed E-state index contributed by atoms with van der Waals surface area (Å²) in [5.74, 6) is -0.223. The van der Waals surface area contributed by atoms with Crippen LogP contribution in [0.4, 0.5) is 0 Å². The van der Waals surface area contributed by atoms with Crippen LogP contribution in [0.2, 0.25) is 0 Å². The number of likely N-dealkylation sites (tertiary alicyclic amines) is 1. The first-order valence-corrected chi connectivity index (χ1v) is 11.5. The van der Waals surface area contributed by atoms with Gasteiger partial charge in [-0.3, -0.25) is 14.4 Å². The van der Waals surface area contributed by atoms with Gasteiger partial charge in [-0.1, -0.05) is 37.6 Å². The zero-order valence-electron chi connectivity index (χ0n) is 19.7. The van der Waals surface area contributed by atoms with Crippen molar-refractivity contribution in [1.82, 2.24) is 14.9 Å². The van der Waals surface area contributed by atoms with Gasteiger partial charge in [-0.25, -0.2) is 4.98 Å².